The molecule has 2 aromatic heterocycles. The summed E-state index contributed by atoms with van der Waals surface area (Å²) >= 11 is 0. The molecular weight excluding hydrogens is 364 g/mol. The van der Waals surface area contributed by atoms with Crippen molar-refractivity contribution in [3.05, 3.63) is 23.0 Å². The van der Waals surface area contributed by atoms with Gasteiger partial charge in [0, 0.05) is 35.6 Å². The van der Waals surface area contributed by atoms with Crippen LogP contribution in [0, 0.1) is 0 Å². The molecule has 0 N–H and O–H groups in total. The van der Waals surface area contributed by atoms with Gasteiger partial charge in [0.25, 0.3) is 0 Å². The number of imidazole rings is 1. The maximum atomic E-state index is 12.2. The van der Waals surface area contributed by atoms with E-state index >= 15 is 0 Å². The second-order valence-electron chi connectivity index (χ2n) is 9.11. The summed E-state index contributed by atoms with van der Waals surface area (Å²) in [6.45, 7) is 15.8. The van der Waals surface area contributed by atoms with Gasteiger partial charge in [0.05, 0.1) is 6.33 Å². The number of hydrogen-bond acceptors (Lipinski definition) is 5. The SMILES string of the molecule is C[Si](C)(C)CCOCn1cc2ncn(COCC[Si](C)(C)C)c2nc1=O. The van der Waals surface area contributed by atoms with E-state index in [2.05, 4.69) is 49.3 Å². The van der Waals surface area contributed by atoms with Gasteiger partial charge >= 0.3 is 5.69 Å². The molecule has 7 nitrogen and oxygen atoms in total. The predicted molar refractivity (Wildman–Crippen MR) is 110 cm³/mol. The van der Waals surface area contributed by atoms with E-state index in [-0.39, 0.29) is 12.4 Å². The van der Waals surface area contributed by atoms with Gasteiger partial charge in [0.1, 0.15) is 19.0 Å². The van der Waals surface area contributed by atoms with Crippen molar-refractivity contribution < 1.29 is 9.47 Å². The van der Waals surface area contributed by atoms with Gasteiger partial charge in [-0.05, 0) is 12.1 Å². The highest BCUT2D eigenvalue weighted by Gasteiger charge is 2.14. The first kappa shape index (κ1) is 21.0. The quantitative estimate of drug-likeness (QED) is 0.455. The molecule has 146 valence electrons. The summed E-state index contributed by atoms with van der Waals surface area (Å²) in [7, 11) is -2.24. The first-order valence-electron chi connectivity index (χ1n) is 9.13. The average molecular weight is 397 g/mol. The van der Waals surface area contributed by atoms with Gasteiger partial charge in [-0.25, -0.2) is 9.78 Å². The molecule has 0 spiro atoms. The van der Waals surface area contributed by atoms with E-state index in [1.54, 1.807) is 17.1 Å². The van der Waals surface area contributed by atoms with Crippen molar-refractivity contribution in [2.75, 3.05) is 13.2 Å². The number of nitrogens with zero attached hydrogens (tertiary/aromatic N) is 4. The Balaban J connectivity index is 1.96. The number of fused-ring (bicyclic) bond motifs is 1. The van der Waals surface area contributed by atoms with E-state index in [1.807, 2.05) is 0 Å². The smallest absolute Gasteiger partial charge is 0.351 e. The van der Waals surface area contributed by atoms with Gasteiger partial charge in [0.2, 0.25) is 0 Å². The Morgan fingerprint density at radius 1 is 0.923 bits per heavy atom. The lowest BCUT2D eigenvalue weighted by Gasteiger charge is -2.16. The van der Waals surface area contributed by atoms with Crippen LogP contribution in [0.5, 0.6) is 0 Å². The minimum absolute atomic E-state index is 0.214. The van der Waals surface area contributed by atoms with Crippen LogP contribution >= 0.6 is 0 Å². The van der Waals surface area contributed by atoms with Crippen molar-refractivity contribution in [1.29, 1.82) is 0 Å². The summed E-state index contributed by atoms with van der Waals surface area (Å²) in [6.07, 6.45) is 3.37. The number of aromatic nitrogens is 4. The first-order valence-corrected chi connectivity index (χ1v) is 16.5. The molecule has 0 aliphatic carbocycles. The highest BCUT2D eigenvalue weighted by molar-refractivity contribution is 6.76. The van der Waals surface area contributed by atoms with Crippen molar-refractivity contribution in [3.63, 3.8) is 0 Å². The number of hydrogen-bond donors (Lipinski definition) is 0. The molecule has 0 atom stereocenters. The molecule has 2 aromatic rings. The number of rotatable bonds is 10. The second kappa shape index (κ2) is 8.59. The molecule has 0 saturated carbocycles. The van der Waals surface area contributed by atoms with E-state index in [4.69, 9.17) is 9.47 Å². The first-order chi connectivity index (χ1) is 12.1. The summed E-state index contributed by atoms with van der Waals surface area (Å²) in [4.78, 5) is 20.7. The molecule has 26 heavy (non-hydrogen) atoms. The fraction of sp³-hybridized carbons (Fsp3) is 0.706. The summed E-state index contributed by atoms with van der Waals surface area (Å²) in [5.74, 6) is 0. The molecule has 0 amide bonds. The average Bonchev–Trinajstić information content (AvgIpc) is 2.88. The summed E-state index contributed by atoms with van der Waals surface area (Å²) < 4.78 is 14.6. The zero-order valence-electron chi connectivity index (χ0n) is 16.9. The lowest BCUT2D eigenvalue weighted by molar-refractivity contribution is 0.0837. The molecule has 9 heteroatoms. The van der Waals surface area contributed by atoms with Crippen molar-refractivity contribution in [3.8, 4) is 0 Å². The predicted octanol–water partition coefficient (Wildman–Crippen LogP) is 3.22. The van der Waals surface area contributed by atoms with Gasteiger partial charge in [-0.3, -0.25) is 9.13 Å². The van der Waals surface area contributed by atoms with E-state index in [9.17, 15) is 4.79 Å². The van der Waals surface area contributed by atoms with E-state index < -0.39 is 16.1 Å². The minimum Gasteiger partial charge on any atom is -0.361 e. The molecule has 0 fully saturated rings. The van der Waals surface area contributed by atoms with Crippen LogP contribution in [0.3, 0.4) is 0 Å². The fourth-order valence-corrected chi connectivity index (χ4v) is 3.74. The lowest BCUT2D eigenvalue weighted by atomic mass is 10.5. The molecule has 0 aromatic carbocycles. The van der Waals surface area contributed by atoms with Crippen molar-refractivity contribution in [1.82, 2.24) is 19.1 Å². The molecular formula is C17H32N4O3Si2. The summed E-state index contributed by atoms with van der Waals surface area (Å²) in [5, 5.41) is 0. The Bertz CT molecular complexity index is 775. The Morgan fingerprint density at radius 3 is 2.00 bits per heavy atom. The van der Waals surface area contributed by atoms with Gasteiger partial charge < -0.3 is 9.47 Å². The molecule has 2 heterocycles. The van der Waals surface area contributed by atoms with Gasteiger partial charge in [0.15, 0.2) is 5.65 Å². The number of ether oxygens (including phenoxy) is 2. The Labute approximate surface area is 157 Å². The van der Waals surface area contributed by atoms with Gasteiger partial charge in [-0.15, -0.1) is 0 Å². The van der Waals surface area contributed by atoms with Crippen LogP contribution in [0.1, 0.15) is 0 Å². The fourth-order valence-electron chi connectivity index (χ4n) is 2.23. The minimum atomic E-state index is -1.13. The van der Waals surface area contributed by atoms with E-state index in [0.717, 1.165) is 18.7 Å². The third kappa shape index (κ3) is 6.78. The van der Waals surface area contributed by atoms with Crippen LogP contribution in [-0.2, 0) is 22.9 Å². The zero-order valence-corrected chi connectivity index (χ0v) is 18.9. The van der Waals surface area contributed by atoms with Gasteiger partial charge in [-0.1, -0.05) is 39.3 Å². The van der Waals surface area contributed by atoms with Crippen LogP contribution in [0.15, 0.2) is 17.3 Å². The van der Waals surface area contributed by atoms with Crippen molar-refractivity contribution >= 4 is 27.3 Å². The lowest BCUT2D eigenvalue weighted by Crippen LogP contribution is -2.26. The van der Waals surface area contributed by atoms with E-state index in [1.165, 1.54) is 4.57 Å². The van der Waals surface area contributed by atoms with Crippen molar-refractivity contribution in [2.24, 2.45) is 0 Å². The third-order valence-electron chi connectivity index (χ3n) is 4.02. The molecule has 0 bridgehead atoms. The van der Waals surface area contributed by atoms with Crippen LogP contribution < -0.4 is 5.69 Å². The molecule has 0 aliphatic heterocycles. The molecule has 0 aliphatic rings. The Hall–Kier alpha value is -1.30. The molecule has 2 rings (SSSR count). The van der Waals surface area contributed by atoms with E-state index in [0.29, 0.717) is 24.5 Å². The second-order valence-corrected chi connectivity index (χ2v) is 20.4. The van der Waals surface area contributed by atoms with Crippen LogP contribution in [0.2, 0.25) is 51.4 Å². The highest BCUT2D eigenvalue weighted by Crippen LogP contribution is 2.11. The van der Waals surface area contributed by atoms with Crippen LogP contribution in [-0.4, -0.2) is 48.5 Å². The molecule has 0 unspecified atom stereocenters. The Kier molecular flexibility index (Phi) is 6.95. The van der Waals surface area contributed by atoms with Crippen molar-refractivity contribution in [2.45, 2.75) is 64.8 Å². The largest absolute Gasteiger partial charge is 0.361 e. The zero-order chi connectivity index (χ0) is 19.4. The maximum absolute atomic E-state index is 12.2. The van der Waals surface area contributed by atoms with Crippen LogP contribution in [0.25, 0.3) is 11.2 Å². The molecule has 0 saturated heterocycles. The maximum Gasteiger partial charge on any atom is 0.351 e. The summed E-state index contributed by atoms with van der Waals surface area (Å²) in [5.41, 5.74) is 0.905. The highest BCUT2D eigenvalue weighted by atomic mass is 28.3. The Morgan fingerprint density at radius 2 is 1.46 bits per heavy atom. The van der Waals surface area contributed by atoms with Gasteiger partial charge in [-0.2, -0.15) is 4.98 Å². The normalized spacial score (nSPS) is 12.8. The standard InChI is InChI=1S/C17H32N4O3Si2/c1-25(2,3)9-7-23-13-20-11-15-16(19-17(20)22)21(12-18-15)14-24-8-10-26(4,5)6/h11-12H,7-10,13-14H2,1-6H3. The topological polar surface area (TPSA) is 71.2 Å². The summed E-state index contributed by atoms with van der Waals surface area (Å²) in [6, 6.07) is 2.18. The van der Waals surface area contributed by atoms with Crippen LogP contribution in [0.4, 0.5) is 0 Å². The third-order valence-corrected chi connectivity index (χ3v) is 7.42. The molecule has 0 radical (unpaired) electrons. The monoisotopic (exact) mass is 396 g/mol.